The van der Waals surface area contributed by atoms with E-state index in [-0.39, 0.29) is 17.9 Å². The zero-order chi connectivity index (χ0) is 13.1. The van der Waals surface area contributed by atoms with Gasteiger partial charge >= 0.3 is 0 Å². The highest BCUT2D eigenvalue weighted by Gasteiger charge is 2.15. The molecular weight excluding hydrogens is 246 g/mol. The minimum absolute atomic E-state index is 0.132. The average molecular weight is 258 g/mol. The van der Waals surface area contributed by atoms with Crippen molar-refractivity contribution in [3.8, 4) is 5.75 Å². The van der Waals surface area contributed by atoms with Gasteiger partial charge in [-0.05, 0) is 12.1 Å². The van der Waals surface area contributed by atoms with Gasteiger partial charge in [-0.25, -0.2) is 13.8 Å². The van der Waals surface area contributed by atoms with E-state index >= 15 is 0 Å². The summed E-state index contributed by atoms with van der Waals surface area (Å²) in [5.41, 5.74) is 0.708. The second-order valence-electron chi connectivity index (χ2n) is 3.72. The van der Waals surface area contributed by atoms with Crippen molar-refractivity contribution in [3.05, 3.63) is 24.0 Å². The van der Waals surface area contributed by atoms with Gasteiger partial charge in [0.2, 0.25) is 0 Å². The van der Waals surface area contributed by atoms with Crippen LogP contribution in [0.2, 0.25) is 0 Å². The number of para-hydroxylation sites is 1. The summed E-state index contributed by atoms with van der Waals surface area (Å²) in [4.78, 5) is 6.23. The molecule has 5 nitrogen and oxygen atoms in total. The molecule has 98 valence electrons. The minimum Gasteiger partial charge on any atom is -0.488 e. The highest BCUT2D eigenvalue weighted by Crippen LogP contribution is 2.26. The van der Waals surface area contributed by atoms with E-state index in [9.17, 15) is 8.78 Å². The highest BCUT2D eigenvalue weighted by atomic mass is 19.3. The fourth-order valence-electron chi connectivity index (χ4n) is 1.48. The molecule has 1 atom stereocenters. The zero-order valence-corrected chi connectivity index (χ0v) is 9.31. The number of halogens is 2. The Hall–Kier alpha value is -1.73. The van der Waals surface area contributed by atoms with Crippen LogP contribution in [0.15, 0.2) is 18.2 Å². The van der Waals surface area contributed by atoms with E-state index < -0.39 is 25.0 Å². The number of fused-ring (bicyclic) bond motifs is 1. The van der Waals surface area contributed by atoms with Crippen LogP contribution in [0.25, 0.3) is 11.0 Å². The molecular formula is C11H12F2N2O3. The molecule has 1 aromatic carbocycles. The maximum Gasteiger partial charge on any atom is 0.295 e. The quantitative estimate of drug-likeness (QED) is 0.753. The minimum atomic E-state index is -2.69. The first-order valence-corrected chi connectivity index (χ1v) is 5.30. The van der Waals surface area contributed by atoms with Crippen molar-refractivity contribution in [3.63, 3.8) is 0 Å². The van der Waals surface area contributed by atoms with Crippen LogP contribution in [0.3, 0.4) is 0 Å². The molecule has 1 aromatic heterocycles. The molecule has 0 aliphatic rings. The molecule has 0 aliphatic carbocycles. The summed E-state index contributed by atoms with van der Waals surface area (Å²) in [5.74, 6) is -0.146. The topological polar surface area (TPSA) is 78.4 Å². The lowest BCUT2D eigenvalue weighted by Crippen LogP contribution is -2.21. The first-order valence-electron chi connectivity index (χ1n) is 5.30. The Morgan fingerprint density at radius 3 is 2.83 bits per heavy atom. The SMILES string of the molecule is OCC(O)COc1cccc2[nH]c(C(F)F)nc12. The van der Waals surface area contributed by atoms with Gasteiger partial charge < -0.3 is 19.9 Å². The lowest BCUT2D eigenvalue weighted by Gasteiger charge is -2.09. The van der Waals surface area contributed by atoms with Crippen molar-refractivity contribution in [2.24, 2.45) is 0 Å². The van der Waals surface area contributed by atoms with E-state index in [0.29, 0.717) is 5.52 Å². The summed E-state index contributed by atoms with van der Waals surface area (Å²) in [7, 11) is 0. The second-order valence-corrected chi connectivity index (χ2v) is 3.72. The number of aliphatic hydroxyl groups excluding tert-OH is 2. The van der Waals surface area contributed by atoms with Crippen LogP contribution in [-0.2, 0) is 0 Å². The van der Waals surface area contributed by atoms with Crippen LogP contribution in [0, 0.1) is 0 Å². The first-order chi connectivity index (χ1) is 8.61. The van der Waals surface area contributed by atoms with Crippen molar-refractivity contribution in [2.45, 2.75) is 12.5 Å². The Balaban J connectivity index is 2.27. The average Bonchev–Trinajstić information content (AvgIpc) is 2.80. The summed E-state index contributed by atoms with van der Waals surface area (Å²) in [6, 6.07) is 4.78. The van der Waals surface area contributed by atoms with Gasteiger partial charge in [-0.3, -0.25) is 0 Å². The van der Waals surface area contributed by atoms with E-state index in [4.69, 9.17) is 14.9 Å². The largest absolute Gasteiger partial charge is 0.488 e. The third-order valence-electron chi connectivity index (χ3n) is 2.34. The highest BCUT2D eigenvalue weighted by molar-refractivity contribution is 5.81. The summed E-state index contributed by atoms with van der Waals surface area (Å²) >= 11 is 0. The molecule has 0 bridgehead atoms. The predicted octanol–water partition coefficient (Wildman–Crippen LogP) is 1.23. The normalized spacial score (nSPS) is 13.2. The maximum absolute atomic E-state index is 12.5. The van der Waals surface area contributed by atoms with Crippen LogP contribution in [0.1, 0.15) is 12.2 Å². The van der Waals surface area contributed by atoms with Gasteiger partial charge in [0.25, 0.3) is 6.43 Å². The standard InChI is InChI=1S/C11H12F2N2O3/c12-10(13)11-14-7-2-1-3-8(9(7)15-11)18-5-6(17)4-16/h1-3,6,10,16-17H,4-5H2,(H,14,15). The molecule has 0 saturated carbocycles. The van der Waals surface area contributed by atoms with E-state index in [2.05, 4.69) is 9.97 Å². The van der Waals surface area contributed by atoms with Crippen LogP contribution >= 0.6 is 0 Å². The second kappa shape index (κ2) is 5.28. The number of ether oxygens (including phenoxy) is 1. The number of imidazole rings is 1. The summed E-state index contributed by atoms with van der Waals surface area (Å²) in [6.07, 6.45) is -3.71. The summed E-state index contributed by atoms with van der Waals surface area (Å²) in [5, 5.41) is 17.8. The van der Waals surface area contributed by atoms with Gasteiger partial charge in [-0.15, -0.1) is 0 Å². The Labute approximate surface area is 101 Å². The van der Waals surface area contributed by atoms with E-state index in [1.54, 1.807) is 18.2 Å². The van der Waals surface area contributed by atoms with Crippen molar-refractivity contribution in [1.82, 2.24) is 9.97 Å². The Kier molecular flexibility index (Phi) is 3.73. The number of aromatic amines is 1. The van der Waals surface area contributed by atoms with Crippen LogP contribution in [-0.4, -0.2) is 39.5 Å². The molecule has 0 aliphatic heterocycles. The van der Waals surface area contributed by atoms with Gasteiger partial charge in [0, 0.05) is 0 Å². The number of nitrogens with zero attached hydrogens (tertiary/aromatic N) is 1. The number of aliphatic hydroxyl groups is 2. The molecule has 0 saturated heterocycles. The molecule has 2 rings (SSSR count). The van der Waals surface area contributed by atoms with E-state index in [1.165, 1.54) is 0 Å². The van der Waals surface area contributed by atoms with Gasteiger partial charge in [0.05, 0.1) is 12.1 Å². The number of nitrogens with one attached hydrogen (secondary N) is 1. The van der Waals surface area contributed by atoms with Crippen molar-refractivity contribution in [2.75, 3.05) is 13.2 Å². The number of hydrogen-bond acceptors (Lipinski definition) is 4. The summed E-state index contributed by atoms with van der Waals surface area (Å²) < 4.78 is 30.2. The zero-order valence-electron chi connectivity index (χ0n) is 9.31. The van der Waals surface area contributed by atoms with Crippen molar-refractivity contribution < 1.29 is 23.7 Å². The maximum atomic E-state index is 12.5. The fraction of sp³-hybridized carbons (Fsp3) is 0.364. The van der Waals surface area contributed by atoms with Gasteiger partial charge in [-0.2, -0.15) is 0 Å². The third kappa shape index (κ3) is 2.57. The lowest BCUT2D eigenvalue weighted by molar-refractivity contribution is 0.0540. The van der Waals surface area contributed by atoms with E-state index in [1.807, 2.05) is 0 Å². The van der Waals surface area contributed by atoms with Gasteiger partial charge in [0.15, 0.2) is 5.82 Å². The Morgan fingerprint density at radius 2 is 2.17 bits per heavy atom. The lowest BCUT2D eigenvalue weighted by atomic mass is 10.3. The molecule has 7 heteroatoms. The van der Waals surface area contributed by atoms with Crippen molar-refractivity contribution >= 4 is 11.0 Å². The Morgan fingerprint density at radius 1 is 1.39 bits per heavy atom. The van der Waals surface area contributed by atoms with Crippen LogP contribution in [0.4, 0.5) is 8.78 Å². The number of rotatable bonds is 5. The van der Waals surface area contributed by atoms with E-state index in [0.717, 1.165) is 0 Å². The molecule has 0 fully saturated rings. The molecule has 0 amide bonds. The fourth-order valence-corrected chi connectivity index (χ4v) is 1.48. The number of alkyl halides is 2. The number of benzene rings is 1. The molecule has 2 aromatic rings. The van der Waals surface area contributed by atoms with Gasteiger partial charge in [0.1, 0.15) is 24.0 Å². The first kappa shape index (κ1) is 12.7. The smallest absolute Gasteiger partial charge is 0.295 e. The summed E-state index contributed by atoms with van der Waals surface area (Å²) in [6.45, 7) is -0.564. The molecule has 18 heavy (non-hydrogen) atoms. The molecule has 1 unspecified atom stereocenters. The van der Waals surface area contributed by atoms with Crippen LogP contribution < -0.4 is 4.74 Å². The van der Waals surface area contributed by atoms with Gasteiger partial charge in [-0.1, -0.05) is 6.07 Å². The monoisotopic (exact) mass is 258 g/mol. The number of aromatic nitrogens is 2. The number of hydrogen-bond donors (Lipinski definition) is 3. The van der Waals surface area contributed by atoms with Crippen molar-refractivity contribution in [1.29, 1.82) is 0 Å². The Bertz CT molecular complexity index is 530. The van der Waals surface area contributed by atoms with Crippen LogP contribution in [0.5, 0.6) is 5.75 Å². The third-order valence-corrected chi connectivity index (χ3v) is 2.34. The molecule has 0 radical (unpaired) electrons. The molecule has 0 spiro atoms. The molecule has 1 heterocycles. The number of H-pyrrole nitrogens is 1. The predicted molar refractivity (Wildman–Crippen MR) is 59.6 cm³/mol. The molecule has 3 N–H and O–H groups in total.